The highest BCUT2D eigenvalue weighted by Gasteiger charge is 2.57. The Hall–Kier alpha value is -1.49. The van der Waals surface area contributed by atoms with Gasteiger partial charge in [0.05, 0.1) is 18.8 Å². The lowest BCUT2D eigenvalue weighted by Gasteiger charge is -2.55. The second kappa shape index (κ2) is 6.54. The largest absolute Gasteiger partial charge is 0.395 e. The van der Waals surface area contributed by atoms with Crippen molar-refractivity contribution < 1.29 is 15.3 Å². The molecule has 1 aromatic rings. The second-order valence-corrected chi connectivity index (χ2v) is 9.07. The molecule has 0 amide bonds. The molecule has 4 heteroatoms. The minimum absolute atomic E-state index is 0.133. The zero-order chi connectivity index (χ0) is 18.6. The molecule has 4 aliphatic rings. The van der Waals surface area contributed by atoms with E-state index in [0.29, 0.717) is 11.8 Å². The van der Waals surface area contributed by atoms with E-state index in [9.17, 15) is 15.3 Å². The van der Waals surface area contributed by atoms with Crippen molar-refractivity contribution in [1.29, 1.82) is 0 Å². The lowest BCUT2D eigenvalue weighted by Crippen LogP contribution is -2.52. The smallest absolute Gasteiger partial charge is 0.0757 e. The van der Waals surface area contributed by atoms with Gasteiger partial charge in [-0.25, -0.2) is 0 Å². The number of aliphatic hydroxyl groups excluding tert-OH is 3. The number of pyridine rings is 1. The molecule has 4 nitrogen and oxygen atoms in total. The molecular formula is C23H29NO3. The van der Waals surface area contributed by atoms with E-state index in [-0.39, 0.29) is 30.0 Å². The normalized spacial score (nSPS) is 43.2. The monoisotopic (exact) mass is 367 g/mol. The van der Waals surface area contributed by atoms with Crippen molar-refractivity contribution in [3.63, 3.8) is 0 Å². The van der Waals surface area contributed by atoms with Gasteiger partial charge < -0.3 is 15.3 Å². The number of hydrogen-bond donors (Lipinski definition) is 3. The molecule has 0 saturated heterocycles. The van der Waals surface area contributed by atoms with E-state index in [0.717, 1.165) is 44.1 Å². The van der Waals surface area contributed by atoms with Gasteiger partial charge in [-0.1, -0.05) is 23.8 Å². The average Bonchev–Trinajstić information content (AvgIpc) is 3.08. The summed E-state index contributed by atoms with van der Waals surface area (Å²) in [5, 5.41) is 31.7. The third kappa shape index (κ3) is 2.57. The van der Waals surface area contributed by atoms with Crippen LogP contribution in [-0.2, 0) is 0 Å². The summed E-state index contributed by atoms with van der Waals surface area (Å²) in [5.41, 5.74) is 3.35. The van der Waals surface area contributed by atoms with Crippen LogP contribution in [0.5, 0.6) is 0 Å². The van der Waals surface area contributed by atoms with Crippen molar-refractivity contribution in [2.75, 3.05) is 6.61 Å². The Morgan fingerprint density at radius 1 is 1.19 bits per heavy atom. The molecular weight excluding hydrogens is 338 g/mol. The highest BCUT2D eigenvalue weighted by Crippen LogP contribution is 2.63. The van der Waals surface area contributed by atoms with Gasteiger partial charge in [0.1, 0.15) is 0 Å². The summed E-state index contributed by atoms with van der Waals surface area (Å²) in [6.07, 6.45) is 12.8. The van der Waals surface area contributed by atoms with Crippen LogP contribution in [0.4, 0.5) is 0 Å². The van der Waals surface area contributed by atoms with Gasteiger partial charge in [-0.2, -0.15) is 0 Å². The average molecular weight is 367 g/mol. The maximum absolute atomic E-state index is 11.1. The second-order valence-electron chi connectivity index (χ2n) is 9.07. The van der Waals surface area contributed by atoms with Crippen LogP contribution in [0.1, 0.15) is 44.1 Å². The van der Waals surface area contributed by atoms with E-state index in [1.165, 1.54) is 11.1 Å². The number of allylic oxidation sites excluding steroid dienone is 1. The summed E-state index contributed by atoms with van der Waals surface area (Å²) < 4.78 is 0. The zero-order valence-electron chi connectivity index (χ0n) is 15.7. The van der Waals surface area contributed by atoms with E-state index in [4.69, 9.17) is 0 Å². The Balaban J connectivity index is 1.51. The maximum Gasteiger partial charge on any atom is 0.0757 e. The number of aliphatic hydroxyl groups is 3. The number of nitrogens with zero attached hydrogens (tertiary/aromatic N) is 1. The van der Waals surface area contributed by atoms with E-state index in [2.05, 4.69) is 17.1 Å². The lowest BCUT2D eigenvalue weighted by molar-refractivity contribution is -0.0630. The fourth-order valence-electron chi connectivity index (χ4n) is 6.90. The molecule has 0 bridgehead atoms. The number of fused-ring (bicyclic) bond motifs is 5. The molecule has 144 valence electrons. The molecule has 0 aromatic carbocycles. The van der Waals surface area contributed by atoms with Crippen molar-refractivity contribution in [2.24, 2.45) is 29.1 Å². The van der Waals surface area contributed by atoms with E-state index < -0.39 is 6.10 Å². The van der Waals surface area contributed by atoms with Gasteiger partial charge in [-0.15, -0.1) is 0 Å². The topological polar surface area (TPSA) is 73.6 Å². The standard InChI is InChI=1S/C23H29NO3/c25-13-23-8-7-18-17-4-3-16(26)10-15(17)11-21(27)22(18)20(23)6-5-19(23)14-2-1-9-24-12-14/h1-2,5,9,11-12,16-18,20-22,25-27H,3-4,6-8,10,13H2/t16-,17-,18+,20-,21-,22+,23-/m0/s1. The first-order chi connectivity index (χ1) is 13.1. The fraction of sp³-hybridized carbons (Fsp3) is 0.609. The van der Waals surface area contributed by atoms with Gasteiger partial charge in [0.25, 0.3) is 0 Å². The molecule has 2 fully saturated rings. The summed E-state index contributed by atoms with van der Waals surface area (Å²) in [6, 6.07) is 4.04. The predicted octanol–water partition coefficient (Wildman–Crippen LogP) is 2.95. The first kappa shape index (κ1) is 17.6. The van der Waals surface area contributed by atoms with E-state index >= 15 is 0 Å². The third-order valence-electron chi connectivity index (χ3n) is 8.01. The van der Waals surface area contributed by atoms with Crippen LogP contribution in [-0.4, -0.2) is 39.1 Å². The van der Waals surface area contributed by atoms with Crippen molar-refractivity contribution in [1.82, 2.24) is 4.98 Å². The van der Waals surface area contributed by atoms with Crippen molar-refractivity contribution >= 4 is 5.57 Å². The molecule has 0 unspecified atom stereocenters. The van der Waals surface area contributed by atoms with Crippen LogP contribution in [0.3, 0.4) is 0 Å². The SMILES string of the molecule is OC[C@]12CC[C@H]3[C@@H]([C@@H](O)C=C4C[C@@H](O)CC[C@@H]43)[C@@H]1CC=C2c1cccnc1. The third-order valence-corrected chi connectivity index (χ3v) is 8.01. The van der Waals surface area contributed by atoms with Crippen LogP contribution in [0, 0.1) is 29.1 Å². The molecule has 3 N–H and O–H groups in total. The molecule has 0 spiro atoms. The molecule has 0 aliphatic heterocycles. The molecule has 2 saturated carbocycles. The first-order valence-corrected chi connectivity index (χ1v) is 10.4. The minimum atomic E-state index is -0.468. The summed E-state index contributed by atoms with van der Waals surface area (Å²) >= 11 is 0. The lowest BCUT2D eigenvalue weighted by atomic mass is 9.50. The quantitative estimate of drug-likeness (QED) is 0.703. The van der Waals surface area contributed by atoms with Gasteiger partial charge in [0.15, 0.2) is 0 Å². The number of aromatic nitrogens is 1. The maximum atomic E-state index is 11.1. The first-order valence-electron chi connectivity index (χ1n) is 10.4. The Bertz CT molecular complexity index is 773. The van der Waals surface area contributed by atoms with E-state index in [1.54, 1.807) is 6.20 Å². The van der Waals surface area contributed by atoms with Gasteiger partial charge in [-0.3, -0.25) is 4.98 Å². The van der Waals surface area contributed by atoms with Gasteiger partial charge in [0, 0.05) is 17.8 Å². The number of rotatable bonds is 2. The number of hydrogen-bond acceptors (Lipinski definition) is 4. The van der Waals surface area contributed by atoms with Gasteiger partial charge in [-0.05, 0) is 79.4 Å². The van der Waals surface area contributed by atoms with Crippen LogP contribution in [0.2, 0.25) is 0 Å². The van der Waals surface area contributed by atoms with Crippen molar-refractivity contribution in [3.8, 4) is 0 Å². The molecule has 4 aliphatic carbocycles. The summed E-state index contributed by atoms with van der Waals surface area (Å²) in [4.78, 5) is 4.28. The Morgan fingerprint density at radius 3 is 2.85 bits per heavy atom. The highest BCUT2D eigenvalue weighted by atomic mass is 16.3. The van der Waals surface area contributed by atoms with Crippen molar-refractivity contribution in [3.05, 3.63) is 47.8 Å². The Labute approximate surface area is 160 Å². The van der Waals surface area contributed by atoms with E-state index in [1.807, 2.05) is 18.3 Å². The van der Waals surface area contributed by atoms with Crippen LogP contribution in [0.15, 0.2) is 42.3 Å². The van der Waals surface area contributed by atoms with Crippen molar-refractivity contribution in [2.45, 2.75) is 50.7 Å². The molecule has 1 heterocycles. The molecule has 27 heavy (non-hydrogen) atoms. The molecule has 0 radical (unpaired) electrons. The highest BCUT2D eigenvalue weighted by molar-refractivity contribution is 5.73. The van der Waals surface area contributed by atoms with Crippen LogP contribution >= 0.6 is 0 Å². The van der Waals surface area contributed by atoms with Gasteiger partial charge in [0.2, 0.25) is 0 Å². The zero-order valence-corrected chi connectivity index (χ0v) is 15.7. The van der Waals surface area contributed by atoms with Crippen LogP contribution < -0.4 is 0 Å². The molecule has 1 aromatic heterocycles. The Kier molecular flexibility index (Phi) is 4.26. The predicted molar refractivity (Wildman–Crippen MR) is 103 cm³/mol. The fourth-order valence-corrected chi connectivity index (χ4v) is 6.90. The Morgan fingerprint density at radius 2 is 2.07 bits per heavy atom. The van der Waals surface area contributed by atoms with Crippen LogP contribution in [0.25, 0.3) is 5.57 Å². The molecule has 7 atom stereocenters. The van der Waals surface area contributed by atoms with Gasteiger partial charge >= 0.3 is 0 Å². The minimum Gasteiger partial charge on any atom is -0.395 e. The molecule has 5 rings (SSSR count). The summed E-state index contributed by atoms with van der Waals surface area (Å²) in [6.45, 7) is 0.133. The summed E-state index contributed by atoms with van der Waals surface area (Å²) in [5.74, 6) is 1.44. The summed E-state index contributed by atoms with van der Waals surface area (Å²) in [7, 11) is 0.